The molecule has 3 heteroatoms. The molecule has 0 aliphatic carbocycles. The first-order valence-corrected chi connectivity index (χ1v) is 5.04. The molecule has 0 fully saturated rings. The molecule has 0 heterocycles. The van der Waals surface area contributed by atoms with Crippen molar-refractivity contribution in [3.63, 3.8) is 0 Å². The Balaban J connectivity index is 2.99. The Hall–Kier alpha value is 0.750. The number of halogens is 1. The third-order valence-electron chi connectivity index (χ3n) is 0.576. The molecule has 0 amide bonds. The third-order valence-corrected chi connectivity index (χ3v) is 2.87. The molecule has 0 bridgehead atoms. The van der Waals surface area contributed by atoms with Crippen molar-refractivity contribution >= 4 is 39.5 Å². The maximum atomic E-state index is 10.5. The largest absolute Gasteiger partial charge is 0.286 e. The van der Waals surface area contributed by atoms with Gasteiger partial charge in [0, 0.05) is 5.75 Å². The highest BCUT2D eigenvalue weighted by Gasteiger charge is 1.95. The normalized spacial score (nSPS) is 9.25. The minimum Gasteiger partial charge on any atom is -0.286 e. The van der Waals surface area contributed by atoms with E-state index in [2.05, 4.69) is 29.5 Å². The van der Waals surface area contributed by atoms with E-state index in [1.165, 1.54) is 11.8 Å². The topological polar surface area (TPSA) is 17.1 Å². The van der Waals surface area contributed by atoms with E-state index in [1.807, 2.05) is 0 Å². The van der Waals surface area contributed by atoms with Crippen molar-refractivity contribution in [2.24, 2.45) is 0 Å². The van der Waals surface area contributed by atoms with Crippen LogP contribution in [0.3, 0.4) is 0 Å². The molecular formula is C5H9IOS. The Bertz CT molecular complexity index is 74.8. The Labute approximate surface area is 67.7 Å². The summed E-state index contributed by atoms with van der Waals surface area (Å²) in [5.41, 5.74) is 0. The van der Waals surface area contributed by atoms with Crippen LogP contribution >= 0.6 is 34.4 Å². The van der Waals surface area contributed by atoms with E-state index in [9.17, 15) is 4.79 Å². The van der Waals surface area contributed by atoms with Crippen LogP contribution in [-0.2, 0) is 4.79 Å². The highest BCUT2D eigenvalue weighted by Crippen LogP contribution is 2.04. The number of alkyl halides is 1. The first-order chi connectivity index (χ1) is 3.81. The molecule has 0 saturated carbocycles. The summed E-state index contributed by atoms with van der Waals surface area (Å²) in [4.78, 5) is 10.5. The monoisotopic (exact) mass is 244 g/mol. The molecule has 0 aliphatic rings. The number of hydrogen-bond donors (Lipinski definition) is 0. The summed E-state index contributed by atoms with van der Waals surface area (Å²) in [5, 5.41) is 0.299. The molecule has 0 spiro atoms. The fraction of sp³-hybridized carbons (Fsp3) is 0.800. The zero-order chi connectivity index (χ0) is 6.41. The van der Waals surface area contributed by atoms with Crippen molar-refractivity contribution in [1.82, 2.24) is 0 Å². The molecule has 48 valence electrons. The van der Waals surface area contributed by atoms with Crippen molar-refractivity contribution < 1.29 is 4.79 Å². The van der Waals surface area contributed by atoms with Gasteiger partial charge in [-0.2, -0.15) is 0 Å². The van der Waals surface area contributed by atoms with Gasteiger partial charge in [0.05, 0.1) is 4.43 Å². The minimum atomic E-state index is 0.299. The van der Waals surface area contributed by atoms with E-state index < -0.39 is 0 Å². The maximum Gasteiger partial charge on any atom is 0.198 e. The van der Waals surface area contributed by atoms with E-state index in [0.29, 0.717) is 9.54 Å². The number of rotatable bonds is 3. The zero-order valence-electron chi connectivity index (χ0n) is 4.82. The molecule has 0 saturated heterocycles. The van der Waals surface area contributed by atoms with E-state index >= 15 is 0 Å². The van der Waals surface area contributed by atoms with Crippen LogP contribution in [0.2, 0.25) is 0 Å². The van der Waals surface area contributed by atoms with Crippen molar-refractivity contribution in [1.29, 1.82) is 0 Å². The second-order valence-electron chi connectivity index (χ2n) is 1.35. The average molecular weight is 244 g/mol. The molecule has 1 nitrogen and oxygen atoms in total. The molecule has 0 atom stereocenters. The van der Waals surface area contributed by atoms with E-state index in [-0.39, 0.29) is 0 Å². The summed E-state index contributed by atoms with van der Waals surface area (Å²) in [7, 11) is 0. The molecule has 0 aromatic heterocycles. The maximum absolute atomic E-state index is 10.5. The van der Waals surface area contributed by atoms with Gasteiger partial charge in [0.2, 0.25) is 0 Å². The lowest BCUT2D eigenvalue weighted by Crippen LogP contribution is -1.91. The van der Waals surface area contributed by atoms with Crippen molar-refractivity contribution in [2.45, 2.75) is 13.3 Å². The lowest BCUT2D eigenvalue weighted by atomic mass is 10.6. The molecule has 8 heavy (non-hydrogen) atoms. The van der Waals surface area contributed by atoms with Crippen molar-refractivity contribution in [3.05, 3.63) is 0 Å². The molecule has 0 aromatic rings. The summed E-state index contributed by atoms with van der Waals surface area (Å²) >= 11 is 3.51. The fourth-order valence-corrected chi connectivity index (χ4v) is 1.42. The van der Waals surface area contributed by atoms with Gasteiger partial charge < -0.3 is 0 Å². The van der Waals surface area contributed by atoms with Crippen LogP contribution in [0.5, 0.6) is 0 Å². The summed E-state index contributed by atoms with van der Waals surface area (Å²) in [6.07, 6.45) is 1.09. The lowest BCUT2D eigenvalue weighted by Gasteiger charge is -1.90. The van der Waals surface area contributed by atoms with Gasteiger partial charge in [-0.05, 0) is 6.42 Å². The van der Waals surface area contributed by atoms with Crippen LogP contribution < -0.4 is 0 Å². The zero-order valence-corrected chi connectivity index (χ0v) is 7.79. The highest BCUT2D eigenvalue weighted by molar-refractivity contribution is 14.1. The standard InChI is InChI=1S/C5H9IOS/c1-2-3-8-5(7)4-6/h2-4H2,1H3. The molecule has 0 rings (SSSR count). The summed E-state index contributed by atoms with van der Waals surface area (Å²) < 4.78 is 0.641. The van der Waals surface area contributed by atoms with Crippen LogP contribution in [0.25, 0.3) is 0 Å². The van der Waals surface area contributed by atoms with Gasteiger partial charge in [0.1, 0.15) is 0 Å². The summed E-state index contributed by atoms with van der Waals surface area (Å²) in [6.45, 7) is 2.08. The number of carbonyl (C=O) groups excluding carboxylic acids is 1. The summed E-state index contributed by atoms with van der Waals surface area (Å²) in [5.74, 6) is 0.974. The van der Waals surface area contributed by atoms with E-state index in [1.54, 1.807) is 0 Å². The Morgan fingerprint density at radius 3 is 2.75 bits per heavy atom. The van der Waals surface area contributed by atoms with Crippen LogP contribution in [-0.4, -0.2) is 15.3 Å². The Morgan fingerprint density at radius 2 is 2.38 bits per heavy atom. The molecule has 0 unspecified atom stereocenters. The quantitative estimate of drug-likeness (QED) is 0.558. The number of carbonyl (C=O) groups is 1. The second kappa shape index (κ2) is 5.88. The van der Waals surface area contributed by atoms with Gasteiger partial charge in [0.25, 0.3) is 0 Å². The minimum absolute atomic E-state index is 0.299. The smallest absolute Gasteiger partial charge is 0.198 e. The molecule has 0 N–H and O–H groups in total. The molecular weight excluding hydrogens is 235 g/mol. The number of hydrogen-bond acceptors (Lipinski definition) is 2. The molecule has 0 radical (unpaired) electrons. The van der Waals surface area contributed by atoms with Gasteiger partial charge in [-0.25, -0.2) is 0 Å². The van der Waals surface area contributed by atoms with Crippen LogP contribution in [0.4, 0.5) is 0 Å². The highest BCUT2D eigenvalue weighted by atomic mass is 127. The van der Waals surface area contributed by atoms with Crippen molar-refractivity contribution in [3.8, 4) is 0 Å². The van der Waals surface area contributed by atoms with E-state index in [4.69, 9.17) is 0 Å². The Kier molecular flexibility index (Phi) is 6.43. The predicted molar refractivity (Wildman–Crippen MR) is 46.6 cm³/mol. The molecule has 0 aromatic carbocycles. The second-order valence-corrected chi connectivity index (χ2v) is 3.27. The van der Waals surface area contributed by atoms with Gasteiger partial charge in [0.15, 0.2) is 5.12 Å². The van der Waals surface area contributed by atoms with Gasteiger partial charge in [-0.3, -0.25) is 4.79 Å². The van der Waals surface area contributed by atoms with Gasteiger partial charge in [-0.1, -0.05) is 41.3 Å². The van der Waals surface area contributed by atoms with Crippen molar-refractivity contribution in [2.75, 3.05) is 10.2 Å². The predicted octanol–water partition coefficient (Wildman–Crippen LogP) is 2.09. The first kappa shape index (κ1) is 8.75. The average Bonchev–Trinajstić information content (AvgIpc) is 1.83. The first-order valence-electron chi connectivity index (χ1n) is 2.52. The Morgan fingerprint density at radius 1 is 1.75 bits per heavy atom. The van der Waals surface area contributed by atoms with Crippen LogP contribution in [0.15, 0.2) is 0 Å². The SMILES string of the molecule is CCCSC(=O)CI. The van der Waals surface area contributed by atoms with Gasteiger partial charge >= 0.3 is 0 Å². The van der Waals surface area contributed by atoms with Gasteiger partial charge in [-0.15, -0.1) is 0 Å². The third kappa shape index (κ3) is 4.90. The lowest BCUT2D eigenvalue weighted by molar-refractivity contribution is -0.108. The summed E-state index contributed by atoms with van der Waals surface area (Å²) in [6, 6.07) is 0. The van der Waals surface area contributed by atoms with Crippen LogP contribution in [0, 0.1) is 0 Å². The number of thioether (sulfide) groups is 1. The van der Waals surface area contributed by atoms with E-state index in [0.717, 1.165) is 12.2 Å². The fourth-order valence-electron chi connectivity index (χ4n) is 0.254. The van der Waals surface area contributed by atoms with Crippen LogP contribution in [0.1, 0.15) is 13.3 Å². The molecule has 0 aliphatic heterocycles.